The monoisotopic (exact) mass is 483 g/mol. The quantitative estimate of drug-likeness (QED) is 0.448. The summed E-state index contributed by atoms with van der Waals surface area (Å²) in [6.45, 7) is 2.12. The zero-order chi connectivity index (χ0) is 24.1. The number of hydrogen-bond donors (Lipinski definition) is 2. The minimum Gasteiger partial charge on any atom is -0.381 e. The lowest BCUT2D eigenvalue weighted by Crippen LogP contribution is -2.14. The number of amides is 1. The molecule has 2 aromatic carbocycles. The smallest absolute Gasteiger partial charge is 0.248 e. The standard InChI is InChI=1S/C25H27ClFN5O2/c1-32(2)8-3-4-24(33)31-22-13-19-23(11-17(22)10-16-7-9-34-14-16)28-15-29-25(19)30-18-5-6-21(27)20(26)12-18/h3-6,11-13,15-16H,7-10,14H2,1-2H3,(H,31,33)(H,28,29,30). The van der Waals surface area contributed by atoms with Gasteiger partial charge in [-0.1, -0.05) is 17.7 Å². The molecule has 2 N–H and O–H groups in total. The van der Waals surface area contributed by atoms with Gasteiger partial charge in [-0.2, -0.15) is 0 Å². The Kier molecular flexibility index (Phi) is 7.72. The third kappa shape index (κ3) is 6.08. The van der Waals surface area contributed by atoms with E-state index in [1.807, 2.05) is 37.2 Å². The minimum absolute atomic E-state index is 0.0156. The summed E-state index contributed by atoms with van der Waals surface area (Å²) in [7, 11) is 3.88. The molecule has 1 aliphatic heterocycles. The number of likely N-dealkylation sites (N-methyl/N-ethyl adjacent to an activating group) is 1. The average molecular weight is 484 g/mol. The maximum Gasteiger partial charge on any atom is 0.248 e. The van der Waals surface area contributed by atoms with Gasteiger partial charge in [-0.3, -0.25) is 4.79 Å². The number of rotatable bonds is 8. The average Bonchev–Trinajstić information content (AvgIpc) is 3.30. The summed E-state index contributed by atoms with van der Waals surface area (Å²) in [6, 6.07) is 8.24. The van der Waals surface area contributed by atoms with E-state index in [2.05, 4.69) is 20.6 Å². The van der Waals surface area contributed by atoms with Gasteiger partial charge in [-0.15, -0.1) is 0 Å². The number of hydrogen-bond acceptors (Lipinski definition) is 6. The number of aromatic nitrogens is 2. The summed E-state index contributed by atoms with van der Waals surface area (Å²) in [6.07, 6.45) is 6.58. The van der Waals surface area contributed by atoms with Crippen molar-refractivity contribution in [1.82, 2.24) is 14.9 Å². The zero-order valence-electron chi connectivity index (χ0n) is 19.1. The first-order chi connectivity index (χ1) is 16.4. The highest BCUT2D eigenvalue weighted by molar-refractivity contribution is 6.31. The van der Waals surface area contributed by atoms with Crippen LogP contribution in [0.4, 0.5) is 21.6 Å². The zero-order valence-corrected chi connectivity index (χ0v) is 19.9. The van der Waals surface area contributed by atoms with Crippen molar-refractivity contribution < 1.29 is 13.9 Å². The van der Waals surface area contributed by atoms with Gasteiger partial charge in [-0.25, -0.2) is 14.4 Å². The molecule has 1 amide bonds. The van der Waals surface area contributed by atoms with Gasteiger partial charge in [0.2, 0.25) is 5.91 Å². The number of carbonyl (C=O) groups is 1. The van der Waals surface area contributed by atoms with E-state index in [-0.39, 0.29) is 10.9 Å². The molecule has 1 aliphatic rings. The van der Waals surface area contributed by atoms with Crippen LogP contribution in [0, 0.1) is 11.7 Å². The Hall–Kier alpha value is -3.07. The van der Waals surface area contributed by atoms with Crippen molar-refractivity contribution in [2.75, 3.05) is 44.5 Å². The lowest BCUT2D eigenvalue weighted by atomic mass is 9.96. The molecule has 9 heteroatoms. The van der Waals surface area contributed by atoms with Gasteiger partial charge >= 0.3 is 0 Å². The highest BCUT2D eigenvalue weighted by Gasteiger charge is 2.20. The van der Waals surface area contributed by atoms with E-state index in [9.17, 15) is 9.18 Å². The predicted molar refractivity (Wildman–Crippen MR) is 133 cm³/mol. The second-order valence-electron chi connectivity index (χ2n) is 8.59. The van der Waals surface area contributed by atoms with Crippen molar-refractivity contribution in [2.45, 2.75) is 12.8 Å². The number of nitrogens with one attached hydrogen (secondary N) is 2. The lowest BCUT2D eigenvalue weighted by molar-refractivity contribution is -0.111. The molecule has 1 aromatic heterocycles. The van der Waals surface area contributed by atoms with Crippen LogP contribution in [0.2, 0.25) is 5.02 Å². The predicted octanol–water partition coefficient (Wildman–Crippen LogP) is 4.80. The molecule has 0 aliphatic carbocycles. The van der Waals surface area contributed by atoms with Crippen molar-refractivity contribution in [1.29, 1.82) is 0 Å². The van der Waals surface area contributed by atoms with Crippen LogP contribution in [-0.4, -0.2) is 54.6 Å². The number of nitrogens with zero attached hydrogens (tertiary/aromatic N) is 3. The normalized spacial score (nSPS) is 16.0. The van der Waals surface area contributed by atoms with E-state index < -0.39 is 5.82 Å². The topological polar surface area (TPSA) is 79.4 Å². The highest BCUT2D eigenvalue weighted by Crippen LogP contribution is 2.32. The number of halogens is 2. The van der Waals surface area contributed by atoms with Crippen molar-refractivity contribution in [3.63, 3.8) is 0 Å². The van der Waals surface area contributed by atoms with Crippen molar-refractivity contribution in [2.24, 2.45) is 5.92 Å². The van der Waals surface area contributed by atoms with Gasteiger partial charge < -0.3 is 20.3 Å². The Morgan fingerprint density at radius 1 is 1.29 bits per heavy atom. The molecule has 1 atom stereocenters. The maximum atomic E-state index is 13.6. The Balaban J connectivity index is 1.68. The molecular formula is C25H27ClFN5O2. The van der Waals surface area contributed by atoms with E-state index in [0.717, 1.165) is 35.9 Å². The molecule has 4 rings (SSSR count). The van der Waals surface area contributed by atoms with Crippen LogP contribution in [0.25, 0.3) is 10.9 Å². The Labute approximate surface area is 203 Å². The van der Waals surface area contributed by atoms with Gasteiger partial charge in [0.25, 0.3) is 0 Å². The summed E-state index contributed by atoms with van der Waals surface area (Å²) in [5.41, 5.74) is 3.03. The third-order valence-electron chi connectivity index (χ3n) is 5.57. The van der Waals surface area contributed by atoms with Crippen LogP contribution in [0.5, 0.6) is 0 Å². The molecule has 1 saturated heterocycles. The number of ether oxygens (including phenoxy) is 1. The van der Waals surface area contributed by atoms with Gasteiger partial charge in [0.05, 0.1) is 10.5 Å². The van der Waals surface area contributed by atoms with Crippen LogP contribution < -0.4 is 10.6 Å². The van der Waals surface area contributed by atoms with E-state index in [1.54, 1.807) is 6.07 Å². The number of fused-ring (bicyclic) bond motifs is 1. The third-order valence-corrected chi connectivity index (χ3v) is 5.86. The van der Waals surface area contributed by atoms with Crippen molar-refractivity contribution >= 4 is 45.6 Å². The summed E-state index contributed by atoms with van der Waals surface area (Å²) >= 11 is 5.93. The fraction of sp³-hybridized carbons (Fsp3) is 0.320. The van der Waals surface area contributed by atoms with Gasteiger partial charge in [-0.05, 0) is 68.8 Å². The summed E-state index contributed by atoms with van der Waals surface area (Å²) in [5, 5.41) is 6.94. The molecule has 2 heterocycles. The number of benzene rings is 2. The molecule has 1 unspecified atom stereocenters. The molecule has 3 aromatic rings. The maximum absolute atomic E-state index is 13.6. The molecule has 0 spiro atoms. The highest BCUT2D eigenvalue weighted by atomic mass is 35.5. The Bertz CT molecular complexity index is 1210. The van der Waals surface area contributed by atoms with Crippen LogP contribution in [0.15, 0.2) is 48.8 Å². The summed E-state index contributed by atoms with van der Waals surface area (Å²) < 4.78 is 19.1. The fourth-order valence-corrected chi connectivity index (χ4v) is 4.02. The van der Waals surface area contributed by atoms with E-state index in [4.69, 9.17) is 16.3 Å². The summed E-state index contributed by atoms with van der Waals surface area (Å²) in [5.74, 6) is 0.217. The van der Waals surface area contributed by atoms with Crippen LogP contribution in [-0.2, 0) is 16.0 Å². The molecule has 34 heavy (non-hydrogen) atoms. The second-order valence-corrected chi connectivity index (χ2v) is 9.00. The molecule has 0 bridgehead atoms. The van der Waals surface area contributed by atoms with E-state index in [0.29, 0.717) is 36.3 Å². The largest absolute Gasteiger partial charge is 0.381 e. The minimum atomic E-state index is -0.493. The first kappa shape index (κ1) is 24.1. The molecule has 1 fully saturated rings. The summed E-state index contributed by atoms with van der Waals surface area (Å²) in [4.78, 5) is 23.4. The van der Waals surface area contributed by atoms with Crippen molar-refractivity contribution in [3.05, 3.63) is 65.2 Å². The van der Waals surface area contributed by atoms with Gasteiger partial charge in [0, 0.05) is 42.6 Å². The molecular weight excluding hydrogens is 457 g/mol. The van der Waals surface area contributed by atoms with E-state index >= 15 is 0 Å². The lowest BCUT2D eigenvalue weighted by Gasteiger charge is -2.16. The first-order valence-electron chi connectivity index (χ1n) is 11.1. The van der Waals surface area contributed by atoms with Crippen LogP contribution >= 0.6 is 11.6 Å². The number of anilines is 3. The molecule has 178 valence electrons. The molecule has 0 saturated carbocycles. The number of carbonyl (C=O) groups excluding carboxylic acids is 1. The molecule has 0 radical (unpaired) electrons. The second kappa shape index (κ2) is 10.9. The first-order valence-corrected chi connectivity index (χ1v) is 11.5. The van der Waals surface area contributed by atoms with Crippen molar-refractivity contribution in [3.8, 4) is 0 Å². The Morgan fingerprint density at radius 2 is 2.15 bits per heavy atom. The fourth-order valence-electron chi connectivity index (χ4n) is 3.84. The van der Waals surface area contributed by atoms with Crippen LogP contribution in [0.3, 0.4) is 0 Å². The molecule has 7 nitrogen and oxygen atoms in total. The van der Waals surface area contributed by atoms with Gasteiger partial charge in [0.15, 0.2) is 0 Å². The van der Waals surface area contributed by atoms with Crippen LogP contribution in [0.1, 0.15) is 12.0 Å². The van der Waals surface area contributed by atoms with Gasteiger partial charge in [0.1, 0.15) is 18.0 Å². The van der Waals surface area contributed by atoms with E-state index in [1.165, 1.54) is 24.5 Å². The Morgan fingerprint density at radius 3 is 2.88 bits per heavy atom. The SMILES string of the molecule is CN(C)CC=CC(=O)Nc1cc2c(Nc3ccc(F)c(Cl)c3)ncnc2cc1CC1CCOC1.